The number of aliphatic hydroxyl groups excluding tert-OH is 1. The predicted octanol–water partition coefficient (Wildman–Crippen LogP) is 1.52. The molecule has 6 heteroatoms. The molecular weight excluding hydrogens is 330 g/mol. The summed E-state index contributed by atoms with van der Waals surface area (Å²) in [5, 5.41) is 19.4. The Morgan fingerprint density at radius 1 is 1.31 bits per heavy atom. The summed E-state index contributed by atoms with van der Waals surface area (Å²) in [6.45, 7) is 3.50. The molecule has 0 spiro atoms. The number of aliphatic hydroxyl groups is 1. The van der Waals surface area contributed by atoms with Crippen molar-refractivity contribution < 1.29 is 14.6 Å². The number of likely N-dealkylation sites (tertiary alicyclic amines) is 1. The lowest BCUT2D eigenvalue weighted by Crippen LogP contribution is -2.45. The first kappa shape index (κ1) is 19.1. The number of piperidine rings is 1. The monoisotopic (exact) mass is 359 g/mol. The number of nitrogens with zero attached hydrogens (tertiary/aromatic N) is 2. The van der Waals surface area contributed by atoms with Crippen LogP contribution in [0.4, 0.5) is 0 Å². The molecule has 0 amide bonds. The Morgan fingerprint density at radius 2 is 2.08 bits per heavy atom. The highest BCUT2D eigenvalue weighted by Crippen LogP contribution is 2.28. The zero-order chi connectivity index (χ0) is 18.4. The van der Waals surface area contributed by atoms with Gasteiger partial charge in [0.15, 0.2) is 0 Å². The number of ether oxygens (including phenoxy) is 2. The van der Waals surface area contributed by atoms with Crippen molar-refractivity contribution in [2.75, 3.05) is 32.8 Å². The van der Waals surface area contributed by atoms with Crippen molar-refractivity contribution in [3.8, 4) is 11.8 Å². The Hall–Kier alpha value is -1.65. The van der Waals surface area contributed by atoms with Gasteiger partial charge in [-0.1, -0.05) is 12.1 Å². The van der Waals surface area contributed by atoms with Crippen LogP contribution in [-0.2, 0) is 4.74 Å². The van der Waals surface area contributed by atoms with E-state index in [1.165, 1.54) is 0 Å². The molecule has 26 heavy (non-hydrogen) atoms. The third-order valence-electron chi connectivity index (χ3n) is 5.42. The molecule has 2 heterocycles. The van der Waals surface area contributed by atoms with E-state index in [2.05, 4.69) is 11.0 Å². The Morgan fingerprint density at radius 3 is 2.81 bits per heavy atom. The van der Waals surface area contributed by atoms with E-state index in [1.807, 2.05) is 6.07 Å². The second-order valence-corrected chi connectivity index (χ2v) is 7.40. The summed E-state index contributed by atoms with van der Waals surface area (Å²) < 4.78 is 11.5. The molecule has 142 valence electrons. The zero-order valence-corrected chi connectivity index (χ0v) is 15.2. The maximum atomic E-state index is 10.3. The maximum Gasteiger partial charge on any atom is 0.137 e. The molecule has 3 unspecified atom stereocenters. The van der Waals surface area contributed by atoms with Crippen LogP contribution in [0.15, 0.2) is 24.3 Å². The highest BCUT2D eigenvalue weighted by molar-refractivity contribution is 5.42. The van der Waals surface area contributed by atoms with Gasteiger partial charge in [0.1, 0.15) is 24.5 Å². The fraction of sp³-hybridized carbons (Fsp3) is 0.650. The molecule has 0 aromatic heterocycles. The number of β-amino-alcohol motifs (C(OH)–C–C–N with tert-alkyl or cyclic N) is 1. The Labute approximate surface area is 155 Å². The van der Waals surface area contributed by atoms with Crippen LogP contribution < -0.4 is 10.5 Å². The summed E-state index contributed by atoms with van der Waals surface area (Å²) in [5.74, 6) is 1.10. The normalized spacial score (nSPS) is 26.2. The lowest BCUT2D eigenvalue weighted by molar-refractivity contribution is -0.0469. The topological polar surface area (TPSA) is 91.7 Å². The second-order valence-electron chi connectivity index (χ2n) is 7.40. The van der Waals surface area contributed by atoms with Crippen molar-refractivity contribution in [2.24, 2.45) is 11.7 Å². The van der Waals surface area contributed by atoms with E-state index >= 15 is 0 Å². The van der Waals surface area contributed by atoms with E-state index in [-0.39, 0.29) is 12.6 Å². The van der Waals surface area contributed by atoms with Gasteiger partial charge in [0.25, 0.3) is 0 Å². The fourth-order valence-corrected chi connectivity index (χ4v) is 3.91. The van der Waals surface area contributed by atoms with Crippen molar-refractivity contribution in [1.82, 2.24) is 4.90 Å². The summed E-state index contributed by atoms with van der Waals surface area (Å²) in [6, 6.07) is 9.48. The standard InChI is InChI=1S/C20H29N3O3/c21-12-16-3-1-2-4-19(16)26-14-18(24)13-23-8-5-15(6-9-23)20-11-17(22)7-10-25-20/h1-4,15,17-18,20,24H,5-11,13-14,22H2. The highest BCUT2D eigenvalue weighted by Gasteiger charge is 2.31. The highest BCUT2D eigenvalue weighted by atomic mass is 16.5. The lowest BCUT2D eigenvalue weighted by atomic mass is 9.86. The molecular formula is C20H29N3O3. The number of nitriles is 1. The fourth-order valence-electron chi connectivity index (χ4n) is 3.91. The van der Waals surface area contributed by atoms with Crippen LogP contribution in [0, 0.1) is 17.2 Å². The van der Waals surface area contributed by atoms with Crippen LogP contribution in [0.2, 0.25) is 0 Å². The van der Waals surface area contributed by atoms with Crippen LogP contribution in [-0.4, -0.2) is 61.1 Å². The minimum absolute atomic E-state index is 0.194. The van der Waals surface area contributed by atoms with Gasteiger partial charge in [-0.25, -0.2) is 0 Å². The molecule has 1 aromatic carbocycles. The first-order valence-corrected chi connectivity index (χ1v) is 9.55. The molecule has 6 nitrogen and oxygen atoms in total. The maximum absolute atomic E-state index is 10.3. The summed E-state index contributed by atoms with van der Waals surface area (Å²) >= 11 is 0. The van der Waals surface area contributed by atoms with Crippen LogP contribution in [0.3, 0.4) is 0 Å². The van der Waals surface area contributed by atoms with Crippen LogP contribution in [0.1, 0.15) is 31.2 Å². The molecule has 2 aliphatic heterocycles. The van der Waals surface area contributed by atoms with E-state index in [0.717, 1.165) is 45.4 Å². The largest absolute Gasteiger partial charge is 0.489 e. The molecule has 0 radical (unpaired) electrons. The van der Waals surface area contributed by atoms with Gasteiger partial charge < -0.3 is 25.2 Å². The summed E-state index contributed by atoms with van der Waals surface area (Å²) in [4.78, 5) is 2.28. The van der Waals surface area contributed by atoms with E-state index in [4.69, 9.17) is 20.5 Å². The Bertz CT molecular complexity index is 611. The number of rotatable bonds is 6. The number of hydrogen-bond donors (Lipinski definition) is 2. The lowest BCUT2D eigenvalue weighted by Gasteiger charge is -2.39. The SMILES string of the molecule is N#Cc1ccccc1OCC(O)CN1CCC(C2CC(N)CCO2)CC1. The molecule has 0 saturated carbocycles. The molecule has 2 aliphatic rings. The third kappa shape index (κ3) is 5.18. The first-order chi connectivity index (χ1) is 12.7. The van der Waals surface area contributed by atoms with Crippen molar-refractivity contribution in [3.05, 3.63) is 29.8 Å². The van der Waals surface area contributed by atoms with Gasteiger partial charge in [-0.3, -0.25) is 0 Å². The molecule has 1 aromatic rings. The summed E-state index contributed by atoms with van der Waals surface area (Å²) in [7, 11) is 0. The molecule has 3 atom stereocenters. The van der Waals surface area contributed by atoms with Crippen molar-refractivity contribution in [3.63, 3.8) is 0 Å². The Balaban J connectivity index is 1.39. The van der Waals surface area contributed by atoms with Crippen LogP contribution in [0.25, 0.3) is 0 Å². The zero-order valence-electron chi connectivity index (χ0n) is 15.2. The minimum atomic E-state index is -0.572. The van der Waals surface area contributed by atoms with Gasteiger partial charge in [0, 0.05) is 19.2 Å². The van der Waals surface area contributed by atoms with Gasteiger partial charge in [-0.05, 0) is 56.8 Å². The molecule has 2 fully saturated rings. The summed E-state index contributed by atoms with van der Waals surface area (Å²) in [5.41, 5.74) is 6.56. The van der Waals surface area contributed by atoms with Crippen molar-refractivity contribution >= 4 is 0 Å². The number of para-hydroxylation sites is 1. The second kappa shape index (κ2) is 9.33. The number of nitrogens with two attached hydrogens (primary N) is 1. The number of benzene rings is 1. The smallest absolute Gasteiger partial charge is 0.137 e. The third-order valence-corrected chi connectivity index (χ3v) is 5.42. The van der Waals surface area contributed by atoms with Gasteiger partial charge in [-0.2, -0.15) is 5.26 Å². The van der Waals surface area contributed by atoms with Crippen molar-refractivity contribution in [1.29, 1.82) is 5.26 Å². The van der Waals surface area contributed by atoms with Gasteiger partial charge in [0.2, 0.25) is 0 Å². The molecule has 2 saturated heterocycles. The van der Waals surface area contributed by atoms with Gasteiger partial charge >= 0.3 is 0 Å². The Kier molecular flexibility index (Phi) is 6.86. The van der Waals surface area contributed by atoms with E-state index < -0.39 is 6.10 Å². The van der Waals surface area contributed by atoms with Gasteiger partial charge in [-0.15, -0.1) is 0 Å². The van der Waals surface area contributed by atoms with E-state index in [9.17, 15) is 5.11 Å². The predicted molar refractivity (Wildman–Crippen MR) is 98.8 cm³/mol. The minimum Gasteiger partial charge on any atom is -0.489 e. The van der Waals surface area contributed by atoms with Crippen molar-refractivity contribution in [2.45, 2.75) is 43.9 Å². The van der Waals surface area contributed by atoms with Crippen LogP contribution in [0.5, 0.6) is 5.75 Å². The molecule has 3 N–H and O–H groups in total. The quantitative estimate of drug-likeness (QED) is 0.800. The van der Waals surface area contributed by atoms with E-state index in [1.54, 1.807) is 18.2 Å². The average molecular weight is 359 g/mol. The van der Waals surface area contributed by atoms with Gasteiger partial charge in [0.05, 0.1) is 11.7 Å². The molecule has 0 bridgehead atoms. The van der Waals surface area contributed by atoms with E-state index in [0.29, 0.717) is 29.9 Å². The van der Waals surface area contributed by atoms with Crippen LogP contribution >= 0.6 is 0 Å². The average Bonchev–Trinajstić information content (AvgIpc) is 2.67. The molecule has 3 rings (SSSR count). The molecule has 0 aliphatic carbocycles. The first-order valence-electron chi connectivity index (χ1n) is 9.55. The number of hydrogen-bond acceptors (Lipinski definition) is 6. The summed E-state index contributed by atoms with van der Waals surface area (Å²) in [6.07, 6.45) is 3.84.